The van der Waals surface area contributed by atoms with E-state index >= 15 is 0 Å². The van der Waals surface area contributed by atoms with Crippen LogP contribution in [0.4, 0.5) is 13.2 Å². The second-order valence-corrected chi connectivity index (χ2v) is 5.30. The molecule has 0 aliphatic carbocycles. The molecule has 20 heavy (non-hydrogen) atoms. The fourth-order valence-electron chi connectivity index (χ4n) is 2.82. The second-order valence-electron chi connectivity index (χ2n) is 5.30. The second kappa shape index (κ2) is 5.56. The number of rotatable bonds is 4. The third-order valence-corrected chi connectivity index (χ3v) is 3.99. The van der Waals surface area contributed by atoms with Crippen LogP contribution in [0.15, 0.2) is 30.3 Å². The molecule has 2 rings (SSSR count). The lowest BCUT2D eigenvalue weighted by Crippen LogP contribution is -2.46. The molecule has 1 aliphatic heterocycles. The Morgan fingerprint density at radius 2 is 1.95 bits per heavy atom. The van der Waals surface area contributed by atoms with Crippen molar-refractivity contribution in [2.45, 2.75) is 32.5 Å². The van der Waals surface area contributed by atoms with Crippen LogP contribution >= 0.6 is 0 Å². The minimum atomic E-state index is -4.47. The zero-order valence-electron chi connectivity index (χ0n) is 11.4. The van der Waals surface area contributed by atoms with Crippen molar-refractivity contribution < 1.29 is 18.0 Å². The first-order valence-corrected chi connectivity index (χ1v) is 6.75. The van der Waals surface area contributed by atoms with Crippen LogP contribution < -0.4 is 0 Å². The van der Waals surface area contributed by atoms with E-state index < -0.39 is 17.4 Å². The standard InChI is InChI=1S/C15H18F3NO/c1-2-13(20)14(15(16,17)18)8-9-19(11-14)10-12-6-4-3-5-7-12/h3-7H,2,8-11H2,1H3. The number of halogens is 3. The molecule has 5 heteroatoms. The van der Waals surface area contributed by atoms with Crippen molar-refractivity contribution in [3.63, 3.8) is 0 Å². The smallest absolute Gasteiger partial charge is 0.299 e. The van der Waals surface area contributed by atoms with Gasteiger partial charge < -0.3 is 0 Å². The van der Waals surface area contributed by atoms with E-state index in [2.05, 4.69) is 0 Å². The summed E-state index contributed by atoms with van der Waals surface area (Å²) < 4.78 is 40.0. The zero-order valence-corrected chi connectivity index (χ0v) is 11.4. The number of nitrogens with zero attached hydrogens (tertiary/aromatic N) is 1. The fourth-order valence-corrected chi connectivity index (χ4v) is 2.82. The van der Waals surface area contributed by atoms with Crippen LogP contribution in [0.1, 0.15) is 25.3 Å². The van der Waals surface area contributed by atoms with Gasteiger partial charge in [-0.15, -0.1) is 0 Å². The number of carbonyl (C=O) groups excluding carboxylic acids is 1. The largest absolute Gasteiger partial charge is 0.402 e. The minimum Gasteiger partial charge on any atom is -0.299 e. The first kappa shape index (κ1) is 15.0. The van der Waals surface area contributed by atoms with Crippen molar-refractivity contribution in [1.82, 2.24) is 4.90 Å². The van der Waals surface area contributed by atoms with Crippen LogP contribution in [0.5, 0.6) is 0 Å². The lowest BCUT2D eigenvalue weighted by molar-refractivity contribution is -0.216. The monoisotopic (exact) mass is 285 g/mol. The molecule has 0 bridgehead atoms. The normalized spacial score (nSPS) is 24.0. The minimum absolute atomic E-state index is 0.0707. The maximum Gasteiger partial charge on any atom is 0.402 e. The maximum atomic E-state index is 13.3. The SMILES string of the molecule is CCC(=O)C1(C(F)(F)F)CCN(Cc2ccccc2)C1. The molecule has 1 aromatic carbocycles. The van der Waals surface area contributed by atoms with Crippen LogP contribution in [-0.4, -0.2) is 29.9 Å². The Hall–Kier alpha value is -1.36. The predicted molar refractivity (Wildman–Crippen MR) is 70.1 cm³/mol. The van der Waals surface area contributed by atoms with Crippen LogP contribution in [-0.2, 0) is 11.3 Å². The van der Waals surface area contributed by atoms with Gasteiger partial charge in [0, 0.05) is 19.5 Å². The number of hydrogen-bond acceptors (Lipinski definition) is 2. The summed E-state index contributed by atoms with van der Waals surface area (Å²) in [7, 11) is 0. The topological polar surface area (TPSA) is 20.3 Å². The van der Waals surface area contributed by atoms with E-state index in [0.29, 0.717) is 13.1 Å². The first-order chi connectivity index (χ1) is 9.39. The lowest BCUT2D eigenvalue weighted by atomic mass is 9.80. The third-order valence-electron chi connectivity index (χ3n) is 3.99. The van der Waals surface area contributed by atoms with Gasteiger partial charge in [-0.25, -0.2) is 0 Å². The van der Waals surface area contributed by atoms with Gasteiger partial charge >= 0.3 is 6.18 Å². The molecule has 110 valence electrons. The fraction of sp³-hybridized carbons (Fsp3) is 0.533. The van der Waals surface area contributed by atoms with Gasteiger partial charge in [-0.05, 0) is 18.5 Å². The Balaban J connectivity index is 2.14. The quantitative estimate of drug-likeness (QED) is 0.845. The first-order valence-electron chi connectivity index (χ1n) is 6.75. The van der Waals surface area contributed by atoms with Crippen molar-refractivity contribution in [3.8, 4) is 0 Å². The van der Waals surface area contributed by atoms with Gasteiger partial charge in [0.1, 0.15) is 11.2 Å². The number of carbonyl (C=O) groups is 1. The Labute approximate surface area is 116 Å². The van der Waals surface area contributed by atoms with E-state index in [4.69, 9.17) is 0 Å². The highest BCUT2D eigenvalue weighted by Crippen LogP contribution is 2.47. The van der Waals surface area contributed by atoms with Crippen LogP contribution in [0.3, 0.4) is 0 Å². The van der Waals surface area contributed by atoms with Crippen molar-refractivity contribution >= 4 is 5.78 Å². The van der Waals surface area contributed by atoms with Crippen molar-refractivity contribution in [2.24, 2.45) is 5.41 Å². The number of likely N-dealkylation sites (tertiary alicyclic amines) is 1. The van der Waals surface area contributed by atoms with Gasteiger partial charge in [0.2, 0.25) is 0 Å². The van der Waals surface area contributed by atoms with Gasteiger partial charge in [0.25, 0.3) is 0 Å². The molecule has 1 atom stereocenters. The molecule has 0 N–H and O–H groups in total. The molecule has 0 radical (unpaired) electrons. The van der Waals surface area contributed by atoms with E-state index in [9.17, 15) is 18.0 Å². The summed E-state index contributed by atoms with van der Waals surface area (Å²) in [6, 6.07) is 9.36. The molecule has 0 saturated carbocycles. The zero-order chi connectivity index (χ0) is 14.8. The Morgan fingerprint density at radius 3 is 2.50 bits per heavy atom. The van der Waals surface area contributed by atoms with E-state index in [-0.39, 0.29) is 19.4 Å². The van der Waals surface area contributed by atoms with Crippen molar-refractivity contribution in [2.75, 3.05) is 13.1 Å². The summed E-state index contributed by atoms with van der Waals surface area (Å²) in [5, 5.41) is 0. The van der Waals surface area contributed by atoms with Crippen molar-refractivity contribution in [3.05, 3.63) is 35.9 Å². The summed E-state index contributed by atoms with van der Waals surface area (Å²) in [6.45, 7) is 2.03. The van der Waals surface area contributed by atoms with E-state index in [1.54, 1.807) is 4.90 Å². The Bertz CT molecular complexity index is 472. The molecule has 1 saturated heterocycles. The van der Waals surface area contributed by atoms with Crippen LogP contribution in [0.25, 0.3) is 0 Å². The lowest BCUT2D eigenvalue weighted by Gasteiger charge is -2.30. The Morgan fingerprint density at radius 1 is 1.30 bits per heavy atom. The van der Waals surface area contributed by atoms with Gasteiger partial charge in [0.05, 0.1) is 0 Å². The molecule has 1 unspecified atom stereocenters. The third kappa shape index (κ3) is 2.73. The highest BCUT2D eigenvalue weighted by atomic mass is 19.4. The van der Waals surface area contributed by atoms with Crippen LogP contribution in [0, 0.1) is 5.41 Å². The van der Waals surface area contributed by atoms with E-state index in [1.807, 2.05) is 30.3 Å². The molecule has 0 spiro atoms. The number of hydrogen-bond donors (Lipinski definition) is 0. The molecular formula is C15H18F3NO. The summed E-state index contributed by atoms with van der Waals surface area (Å²) in [4.78, 5) is 13.6. The van der Waals surface area contributed by atoms with Crippen molar-refractivity contribution in [1.29, 1.82) is 0 Å². The van der Waals surface area contributed by atoms with Gasteiger partial charge in [-0.2, -0.15) is 13.2 Å². The summed E-state index contributed by atoms with van der Waals surface area (Å²) >= 11 is 0. The number of ketones is 1. The molecule has 0 amide bonds. The van der Waals surface area contributed by atoms with Gasteiger partial charge in [-0.3, -0.25) is 9.69 Å². The highest BCUT2D eigenvalue weighted by Gasteiger charge is 2.61. The number of benzene rings is 1. The molecular weight excluding hydrogens is 267 g/mol. The highest BCUT2D eigenvalue weighted by molar-refractivity contribution is 5.86. The Kier molecular flexibility index (Phi) is 4.18. The number of Topliss-reactive ketones (excluding diaryl/α,β-unsaturated/α-hetero) is 1. The maximum absolute atomic E-state index is 13.3. The molecule has 1 heterocycles. The van der Waals surface area contributed by atoms with Gasteiger partial charge in [-0.1, -0.05) is 37.3 Å². The van der Waals surface area contributed by atoms with Crippen LogP contribution in [0.2, 0.25) is 0 Å². The molecule has 1 aromatic rings. The van der Waals surface area contributed by atoms with E-state index in [1.165, 1.54) is 6.92 Å². The summed E-state index contributed by atoms with van der Waals surface area (Å²) in [6.07, 6.45) is -4.67. The summed E-state index contributed by atoms with van der Waals surface area (Å²) in [5.74, 6) is -0.694. The number of alkyl halides is 3. The average molecular weight is 285 g/mol. The molecule has 2 nitrogen and oxygen atoms in total. The van der Waals surface area contributed by atoms with Gasteiger partial charge in [0.15, 0.2) is 0 Å². The molecule has 1 aliphatic rings. The predicted octanol–water partition coefficient (Wildman–Crippen LogP) is 3.42. The molecule has 0 aromatic heterocycles. The average Bonchev–Trinajstić information content (AvgIpc) is 2.84. The van der Waals surface area contributed by atoms with E-state index in [0.717, 1.165) is 5.56 Å². The summed E-state index contributed by atoms with van der Waals surface area (Å²) in [5.41, 5.74) is -1.20. The molecule has 1 fully saturated rings.